The normalized spacial score (nSPS) is 11.3. The van der Waals surface area contributed by atoms with E-state index in [1.807, 2.05) is 109 Å². The summed E-state index contributed by atoms with van der Waals surface area (Å²) in [6.45, 7) is 0. The van der Waals surface area contributed by atoms with Crippen molar-refractivity contribution >= 4 is 43.6 Å². The predicted octanol–water partition coefficient (Wildman–Crippen LogP) is 15.2. The standard InChI is InChI=1S/C64H38N8/c65-38-41-13-11-19-45(33-41)47-26-29-58-54(35-47)50-21-7-9-23-56(50)71(58)60-37-49(64-69-62(43-15-3-1-4-16-43)68-63(70-64)44-17-5-2-6-18-44)25-28-52(60)53-31-32-67-40-61(53)72-57-24-10-8-22-51(57)55-36-48(27-30-59(55)72)46-20-12-14-42(34-46)39-66/h1-37,40H. The van der Waals surface area contributed by atoms with Crippen LogP contribution in [0.4, 0.5) is 0 Å². The SMILES string of the molecule is N#Cc1cccc(-c2ccc3c(c2)c2ccccc2n3-c2cnccc2-c2ccc(-c3nc(-c4ccccc4)nc(-c4ccccc4)n3)cc2-n2c3ccccc3c3cc(-c4cccc(C#N)c4)ccc32)c1. The number of aromatic nitrogens is 6. The van der Waals surface area contributed by atoms with Gasteiger partial charge in [-0.1, -0.05) is 146 Å². The number of pyridine rings is 1. The highest BCUT2D eigenvalue weighted by atomic mass is 15.0. The number of para-hydroxylation sites is 2. The number of hydrogen-bond donors (Lipinski definition) is 0. The number of fused-ring (bicyclic) bond motifs is 6. The maximum Gasteiger partial charge on any atom is 0.164 e. The highest BCUT2D eigenvalue weighted by Crippen LogP contribution is 2.43. The molecule has 0 atom stereocenters. The van der Waals surface area contributed by atoms with Gasteiger partial charge in [0.05, 0.1) is 62.9 Å². The molecule has 0 fully saturated rings. The molecule has 13 aromatic rings. The van der Waals surface area contributed by atoms with Crippen LogP contribution in [0.3, 0.4) is 0 Å². The van der Waals surface area contributed by atoms with Crippen molar-refractivity contribution in [2.75, 3.05) is 0 Å². The number of hydrogen-bond acceptors (Lipinski definition) is 6. The molecule has 8 heteroatoms. The predicted molar refractivity (Wildman–Crippen MR) is 288 cm³/mol. The highest BCUT2D eigenvalue weighted by Gasteiger charge is 2.23. The molecule has 0 amide bonds. The fourth-order valence-electron chi connectivity index (χ4n) is 10.2. The lowest BCUT2D eigenvalue weighted by molar-refractivity contribution is 1.07. The lowest BCUT2D eigenvalue weighted by Gasteiger charge is -2.19. The third-order valence-corrected chi connectivity index (χ3v) is 13.5. The molecule has 0 spiro atoms. The summed E-state index contributed by atoms with van der Waals surface area (Å²) in [6.07, 6.45) is 3.82. The van der Waals surface area contributed by atoms with Gasteiger partial charge in [-0.05, 0) is 95.1 Å². The topological polar surface area (TPSA) is 109 Å². The third kappa shape index (κ3) is 7.15. The lowest BCUT2D eigenvalue weighted by Crippen LogP contribution is -2.04. The number of rotatable bonds is 8. The van der Waals surface area contributed by atoms with Crippen LogP contribution in [0.25, 0.3) is 123 Å². The Morgan fingerprint density at radius 3 is 1.29 bits per heavy atom. The van der Waals surface area contributed by atoms with Crippen LogP contribution >= 0.6 is 0 Å². The molecule has 0 aliphatic carbocycles. The highest BCUT2D eigenvalue weighted by molar-refractivity contribution is 6.13. The van der Waals surface area contributed by atoms with Gasteiger partial charge in [0.1, 0.15) is 0 Å². The first-order valence-electron chi connectivity index (χ1n) is 23.6. The molecule has 4 aromatic heterocycles. The molecule has 0 radical (unpaired) electrons. The van der Waals surface area contributed by atoms with Crippen LogP contribution in [0.1, 0.15) is 11.1 Å². The second-order valence-electron chi connectivity index (χ2n) is 17.7. The first kappa shape index (κ1) is 41.9. The second-order valence-corrected chi connectivity index (χ2v) is 17.7. The maximum absolute atomic E-state index is 9.80. The molecule has 4 heterocycles. The number of benzene rings is 9. The average Bonchev–Trinajstić information content (AvgIpc) is 3.97. The Hall–Kier alpha value is -10.3. The molecule has 334 valence electrons. The Kier molecular flexibility index (Phi) is 10.1. The van der Waals surface area contributed by atoms with E-state index in [0.29, 0.717) is 28.6 Å². The molecule has 72 heavy (non-hydrogen) atoms. The van der Waals surface area contributed by atoms with Gasteiger partial charge in [-0.2, -0.15) is 10.5 Å². The molecule has 13 rings (SSSR count). The Labute approximate surface area is 414 Å². The van der Waals surface area contributed by atoms with Crippen molar-refractivity contribution < 1.29 is 0 Å². The Balaban J connectivity index is 1.08. The van der Waals surface area contributed by atoms with Gasteiger partial charge in [-0.3, -0.25) is 4.98 Å². The summed E-state index contributed by atoms with van der Waals surface area (Å²) >= 11 is 0. The molecule has 0 bridgehead atoms. The zero-order valence-corrected chi connectivity index (χ0v) is 38.5. The van der Waals surface area contributed by atoms with Crippen LogP contribution in [0.2, 0.25) is 0 Å². The van der Waals surface area contributed by atoms with Gasteiger partial charge in [0.2, 0.25) is 0 Å². The molecule has 0 unspecified atom stereocenters. The van der Waals surface area contributed by atoms with Crippen LogP contribution in [-0.4, -0.2) is 29.1 Å². The number of nitrogens with zero attached hydrogens (tertiary/aromatic N) is 8. The Morgan fingerprint density at radius 1 is 0.319 bits per heavy atom. The zero-order valence-electron chi connectivity index (χ0n) is 38.5. The molecule has 8 nitrogen and oxygen atoms in total. The summed E-state index contributed by atoms with van der Waals surface area (Å²) in [6, 6.07) is 79.0. The van der Waals surface area contributed by atoms with E-state index in [0.717, 1.165) is 105 Å². The zero-order chi connectivity index (χ0) is 48.1. The van der Waals surface area contributed by atoms with E-state index in [4.69, 9.17) is 19.9 Å². The van der Waals surface area contributed by atoms with Crippen LogP contribution in [0.15, 0.2) is 231 Å². The van der Waals surface area contributed by atoms with E-state index in [1.54, 1.807) is 0 Å². The summed E-state index contributed by atoms with van der Waals surface area (Å²) in [5, 5.41) is 23.9. The molecule has 0 saturated heterocycles. The van der Waals surface area contributed by atoms with Crippen LogP contribution in [0, 0.1) is 22.7 Å². The molecule has 0 aliphatic rings. The van der Waals surface area contributed by atoms with Gasteiger partial charge in [0.15, 0.2) is 17.5 Å². The van der Waals surface area contributed by atoms with Crippen molar-refractivity contribution in [2.24, 2.45) is 0 Å². The van der Waals surface area contributed by atoms with Gasteiger partial charge in [0.25, 0.3) is 0 Å². The van der Waals surface area contributed by atoms with Crippen molar-refractivity contribution in [1.82, 2.24) is 29.1 Å². The minimum atomic E-state index is 0.546. The largest absolute Gasteiger partial charge is 0.309 e. The summed E-state index contributed by atoms with van der Waals surface area (Å²) in [7, 11) is 0. The lowest BCUT2D eigenvalue weighted by atomic mass is 9.99. The molecular formula is C64H38N8. The minimum absolute atomic E-state index is 0.546. The maximum atomic E-state index is 9.80. The summed E-state index contributed by atoms with van der Waals surface area (Å²) in [5.41, 5.74) is 15.7. The van der Waals surface area contributed by atoms with E-state index in [-0.39, 0.29) is 0 Å². The van der Waals surface area contributed by atoms with Crippen molar-refractivity contribution in [3.8, 4) is 91.1 Å². The van der Waals surface area contributed by atoms with Crippen LogP contribution in [0.5, 0.6) is 0 Å². The molecule has 0 N–H and O–H groups in total. The van der Waals surface area contributed by atoms with E-state index in [2.05, 4.69) is 143 Å². The van der Waals surface area contributed by atoms with Gasteiger partial charge >= 0.3 is 0 Å². The van der Waals surface area contributed by atoms with E-state index >= 15 is 0 Å². The van der Waals surface area contributed by atoms with Crippen molar-refractivity contribution in [1.29, 1.82) is 10.5 Å². The average molecular weight is 919 g/mol. The van der Waals surface area contributed by atoms with Crippen LogP contribution in [-0.2, 0) is 0 Å². The quantitative estimate of drug-likeness (QED) is 0.150. The second kappa shape index (κ2) is 17.4. The first-order chi connectivity index (χ1) is 35.6. The summed E-state index contributed by atoms with van der Waals surface area (Å²) < 4.78 is 4.67. The molecule has 9 aromatic carbocycles. The van der Waals surface area contributed by atoms with Crippen molar-refractivity contribution in [3.63, 3.8) is 0 Å². The minimum Gasteiger partial charge on any atom is -0.309 e. The van der Waals surface area contributed by atoms with Crippen LogP contribution < -0.4 is 0 Å². The fourth-order valence-corrected chi connectivity index (χ4v) is 10.2. The molecule has 0 aliphatic heterocycles. The van der Waals surface area contributed by atoms with Gasteiger partial charge in [0, 0.05) is 55.6 Å². The Bertz CT molecular complexity index is 4310. The smallest absolute Gasteiger partial charge is 0.164 e. The number of nitriles is 2. The third-order valence-electron chi connectivity index (χ3n) is 13.5. The monoisotopic (exact) mass is 918 g/mol. The van der Waals surface area contributed by atoms with Gasteiger partial charge < -0.3 is 9.13 Å². The van der Waals surface area contributed by atoms with E-state index in [9.17, 15) is 10.5 Å². The summed E-state index contributed by atoms with van der Waals surface area (Å²) in [4.78, 5) is 20.2. The molecule has 0 saturated carbocycles. The van der Waals surface area contributed by atoms with Crippen molar-refractivity contribution in [2.45, 2.75) is 0 Å². The van der Waals surface area contributed by atoms with E-state index < -0.39 is 0 Å². The van der Waals surface area contributed by atoms with E-state index in [1.165, 1.54) is 0 Å². The van der Waals surface area contributed by atoms with Gasteiger partial charge in [-0.15, -0.1) is 0 Å². The van der Waals surface area contributed by atoms with Gasteiger partial charge in [-0.25, -0.2) is 15.0 Å². The molecular weight excluding hydrogens is 881 g/mol. The fraction of sp³-hybridized carbons (Fsp3) is 0. The van der Waals surface area contributed by atoms with Crippen molar-refractivity contribution in [3.05, 3.63) is 242 Å². The summed E-state index contributed by atoms with van der Waals surface area (Å²) in [5.74, 6) is 1.71. The first-order valence-corrected chi connectivity index (χ1v) is 23.6. The Morgan fingerprint density at radius 2 is 0.750 bits per heavy atom.